The fourth-order valence-electron chi connectivity index (χ4n) is 3.99. The highest BCUT2D eigenvalue weighted by Gasteiger charge is 2.32. The molecule has 0 saturated carbocycles. The number of allylic oxidation sites excluding steroid dienone is 5. The highest BCUT2D eigenvalue weighted by Crippen LogP contribution is 2.27. The van der Waals surface area contributed by atoms with Gasteiger partial charge in [-0.3, -0.25) is 0 Å². The van der Waals surface area contributed by atoms with E-state index in [9.17, 15) is 14.7 Å². The fraction of sp³-hybridized carbons (Fsp3) is 0.333. The lowest BCUT2D eigenvalue weighted by atomic mass is 10.00. The largest absolute Gasteiger partial charge is 0.519 e. The van der Waals surface area contributed by atoms with Crippen molar-refractivity contribution in [3.8, 4) is 0 Å². The number of aliphatic hydroxyl groups is 1. The molecule has 0 aliphatic carbocycles. The molecule has 0 fully saturated rings. The van der Waals surface area contributed by atoms with Crippen LogP contribution in [0.3, 0.4) is 0 Å². The van der Waals surface area contributed by atoms with Crippen molar-refractivity contribution in [2.24, 2.45) is 15.4 Å². The molecule has 2 N–H and O–H groups in total. The topological polar surface area (TPSA) is 157 Å². The van der Waals surface area contributed by atoms with Crippen LogP contribution in [0.25, 0.3) is 5.57 Å². The predicted molar refractivity (Wildman–Crippen MR) is 158 cm³/mol. The normalized spacial score (nSPS) is 12.4. The first kappa shape index (κ1) is 31.7. The van der Waals surface area contributed by atoms with Crippen molar-refractivity contribution in [3.63, 3.8) is 0 Å². The molecule has 12 heteroatoms. The Morgan fingerprint density at radius 2 is 2.00 bits per heavy atom. The van der Waals surface area contributed by atoms with E-state index in [2.05, 4.69) is 32.5 Å². The second-order valence-electron chi connectivity index (χ2n) is 9.91. The number of benzene rings is 1. The zero-order valence-corrected chi connectivity index (χ0v) is 24.7. The third-order valence-electron chi connectivity index (χ3n) is 6.22. The Morgan fingerprint density at radius 3 is 2.64 bits per heavy atom. The fourth-order valence-corrected chi connectivity index (χ4v) is 3.99. The van der Waals surface area contributed by atoms with Gasteiger partial charge in [-0.25, -0.2) is 14.6 Å². The minimum Gasteiger partial charge on any atom is -0.453 e. The Kier molecular flexibility index (Phi) is 10.7. The monoisotopic (exact) mass is 576 g/mol. The number of aromatic nitrogens is 2. The zero-order chi connectivity index (χ0) is 30.9. The average molecular weight is 577 g/mol. The molecule has 0 aliphatic heterocycles. The number of hydrogen-bond acceptors (Lipinski definition) is 10. The van der Waals surface area contributed by atoms with Gasteiger partial charge in [0.15, 0.2) is 23.8 Å². The Balaban J connectivity index is 1.77. The molecule has 1 aromatic carbocycles. The average Bonchev–Trinajstić information content (AvgIpc) is 3.44. The van der Waals surface area contributed by atoms with Gasteiger partial charge < -0.3 is 23.2 Å². The maximum atomic E-state index is 13.3. The standard InChI is InChI=1S/C30H36N6O6/c1-19(12-10-8-9-11-15-32-35-34-31-7)23-13-14-24(20(2)16-23)17-36-22(4)33-27(30(5,6)39)26(36)28(37)40-18-25-21(3)41-29(38)42-25/h8-10,12-16,39H,1,11,17-18H2,2-7H3,(H,31,35)/b9-8-,12-10-,32-15+. The lowest BCUT2D eigenvalue weighted by Gasteiger charge is -2.18. The quantitative estimate of drug-likeness (QED) is 0.0938. The van der Waals surface area contributed by atoms with Gasteiger partial charge in [0.25, 0.3) is 0 Å². The molecule has 0 saturated heterocycles. The molecule has 0 unspecified atom stereocenters. The van der Waals surface area contributed by atoms with E-state index < -0.39 is 17.4 Å². The maximum Gasteiger partial charge on any atom is 0.519 e. The molecule has 0 bridgehead atoms. The zero-order valence-electron chi connectivity index (χ0n) is 24.7. The van der Waals surface area contributed by atoms with Crippen LogP contribution in [-0.2, 0) is 23.5 Å². The number of rotatable bonds is 13. The van der Waals surface area contributed by atoms with Crippen LogP contribution < -0.4 is 11.4 Å². The molecule has 3 rings (SSSR count). The van der Waals surface area contributed by atoms with Gasteiger partial charge in [-0.2, -0.15) is 15.8 Å². The van der Waals surface area contributed by atoms with E-state index in [1.54, 1.807) is 38.6 Å². The lowest BCUT2D eigenvalue weighted by Crippen LogP contribution is -2.23. The third kappa shape index (κ3) is 8.33. The number of hydrogen-bond donors (Lipinski definition) is 2. The van der Waals surface area contributed by atoms with Crippen molar-refractivity contribution in [1.29, 1.82) is 0 Å². The first-order valence-corrected chi connectivity index (χ1v) is 13.2. The van der Waals surface area contributed by atoms with Crippen molar-refractivity contribution >= 4 is 17.8 Å². The van der Waals surface area contributed by atoms with Gasteiger partial charge in [0, 0.05) is 19.2 Å². The Morgan fingerprint density at radius 1 is 1.24 bits per heavy atom. The number of hydrazone groups is 1. The summed E-state index contributed by atoms with van der Waals surface area (Å²) >= 11 is 0. The van der Waals surface area contributed by atoms with Gasteiger partial charge in [0.2, 0.25) is 0 Å². The van der Waals surface area contributed by atoms with E-state index in [0.29, 0.717) is 18.8 Å². The Bertz CT molecular complexity index is 1600. The summed E-state index contributed by atoms with van der Waals surface area (Å²) in [4.78, 5) is 29.1. The molecule has 42 heavy (non-hydrogen) atoms. The summed E-state index contributed by atoms with van der Waals surface area (Å²) in [5.74, 6) is -0.727. The van der Waals surface area contributed by atoms with Crippen LogP contribution in [-0.4, -0.2) is 33.9 Å². The van der Waals surface area contributed by atoms with Crippen molar-refractivity contribution in [3.05, 3.63) is 105 Å². The van der Waals surface area contributed by atoms with Gasteiger partial charge in [0.1, 0.15) is 17.1 Å². The number of carbonyl (C=O) groups is 1. The minimum atomic E-state index is -1.41. The molecule has 12 nitrogen and oxygen atoms in total. The first-order chi connectivity index (χ1) is 19.9. The van der Waals surface area contributed by atoms with Gasteiger partial charge in [0.05, 0.1) is 7.05 Å². The number of ether oxygens (including phenoxy) is 1. The van der Waals surface area contributed by atoms with Crippen molar-refractivity contribution in [2.45, 2.75) is 59.8 Å². The Labute approximate surface area is 243 Å². The molecule has 2 heterocycles. The molecule has 2 aromatic heterocycles. The summed E-state index contributed by atoms with van der Waals surface area (Å²) in [6.07, 6.45) is 9.97. The van der Waals surface area contributed by atoms with Gasteiger partial charge in [-0.15, -0.1) is 0 Å². The van der Waals surface area contributed by atoms with Crippen LogP contribution in [0.5, 0.6) is 0 Å². The minimum absolute atomic E-state index is 0.110. The van der Waals surface area contributed by atoms with Gasteiger partial charge in [-0.05, 0) is 56.9 Å². The van der Waals surface area contributed by atoms with Crippen LogP contribution in [0.1, 0.15) is 70.5 Å². The van der Waals surface area contributed by atoms with E-state index in [0.717, 1.165) is 22.3 Å². The second kappa shape index (κ2) is 14.2. The highest BCUT2D eigenvalue weighted by atomic mass is 16.6. The van der Waals surface area contributed by atoms with Crippen LogP contribution in [0.15, 0.2) is 78.1 Å². The van der Waals surface area contributed by atoms with Crippen molar-refractivity contribution < 1.29 is 23.5 Å². The third-order valence-corrected chi connectivity index (χ3v) is 6.22. The molecule has 0 atom stereocenters. The molecule has 3 aromatic rings. The second-order valence-corrected chi connectivity index (χ2v) is 9.91. The highest BCUT2D eigenvalue weighted by molar-refractivity contribution is 5.89. The predicted octanol–water partition coefficient (Wildman–Crippen LogP) is 5.08. The first-order valence-electron chi connectivity index (χ1n) is 13.2. The summed E-state index contributed by atoms with van der Waals surface area (Å²) in [6, 6.07) is 5.96. The van der Waals surface area contributed by atoms with Crippen LogP contribution in [0.2, 0.25) is 0 Å². The SMILES string of the molecule is C=C(/C=C\C=C/C/C=N/NN=NC)c1ccc(Cn2c(C)nc(C(C)(C)O)c2C(=O)OCc2oc(=O)oc2C)c(C)c1. The number of nitrogens with zero attached hydrogens (tertiary/aromatic N) is 5. The summed E-state index contributed by atoms with van der Waals surface area (Å²) in [7, 11) is 1.55. The lowest BCUT2D eigenvalue weighted by molar-refractivity contribution is 0.0395. The van der Waals surface area contributed by atoms with Crippen LogP contribution in [0.4, 0.5) is 0 Å². The van der Waals surface area contributed by atoms with Gasteiger partial charge in [-0.1, -0.05) is 54.3 Å². The van der Waals surface area contributed by atoms with Crippen LogP contribution in [0, 0.1) is 20.8 Å². The summed E-state index contributed by atoms with van der Waals surface area (Å²) < 4.78 is 16.9. The van der Waals surface area contributed by atoms with E-state index >= 15 is 0 Å². The van der Waals surface area contributed by atoms with E-state index in [-0.39, 0.29) is 29.5 Å². The molecule has 222 valence electrons. The molecular formula is C30H36N6O6. The van der Waals surface area contributed by atoms with Crippen molar-refractivity contribution in [2.75, 3.05) is 7.05 Å². The summed E-state index contributed by atoms with van der Waals surface area (Å²) in [5, 5.41) is 21.7. The summed E-state index contributed by atoms with van der Waals surface area (Å²) in [5.41, 5.74) is 5.03. The summed E-state index contributed by atoms with van der Waals surface area (Å²) in [6.45, 7) is 12.5. The number of nitrogens with one attached hydrogen (secondary N) is 1. The van der Waals surface area contributed by atoms with E-state index in [1.807, 2.05) is 49.4 Å². The molecule has 0 spiro atoms. The number of imidazole rings is 1. The van der Waals surface area contributed by atoms with E-state index in [4.69, 9.17) is 13.6 Å². The van der Waals surface area contributed by atoms with Crippen molar-refractivity contribution in [1.82, 2.24) is 15.1 Å². The van der Waals surface area contributed by atoms with Crippen LogP contribution >= 0.6 is 0 Å². The smallest absolute Gasteiger partial charge is 0.453 e. The number of aryl methyl sites for hydroxylation is 3. The molecule has 0 amide bonds. The number of esters is 1. The van der Waals surface area contributed by atoms with Gasteiger partial charge >= 0.3 is 11.8 Å². The number of carbonyl (C=O) groups excluding carboxylic acids is 1. The maximum absolute atomic E-state index is 13.3. The molecule has 0 radical (unpaired) electrons. The van der Waals surface area contributed by atoms with E-state index in [1.165, 1.54) is 6.92 Å². The molecular weight excluding hydrogens is 540 g/mol. The molecule has 0 aliphatic rings. The Hall–Kier alpha value is -4.84.